The van der Waals surface area contributed by atoms with Crippen molar-refractivity contribution in [3.8, 4) is 23.0 Å². The molecular weight excluding hydrogens is 338 g/mol. The Kier molecular flexibility index (Phi) is 4.79. The molecular formula is C19H17NO6. The summed E-state index contributed by atoms with van der Waals surface area (Å²) in [5, 5.41) is 0. The number of benzene rings is 2. The minimum atomic E-state index is -0.587. The molecule has 2 aromatic rings. The highest BCUT2D eigenvalue weighted by molar-refractivity contribution is 6.14. The van der Waals surface area contributed by atoms with E-state index in [1.54, 1.807) is 49.6 Å². The van der Waals surface area contributed by atoms with Gasteiger partial charge in [-0.3, -0.25) is 9.59 Å². The molecule has 134 valence electrons. The van der Waals surface area contributed by atoms with Crippen molar-refractivity contribution in [2.24, 2.45) is 5.73 Å². The normalized spacial score (nSPS) is 13.9. The third kappa shape index (κ3) is 3.46. The number of hydrogen-bond acceptors (Lipinski definition) is 6. The molecule has 1 heterocycles. The molecule has 26 heavy (non-hydrogen) atoms. The first-order valence-corrected chi connectivity index (χ1v) is 7.73. The minimum Gasteiger partial charge on any atom is -0.493 e. The van der Waals surface area contributed by atoms with Crippen LogP contribution < -0.4 is 24.7 Å². The van der Waals surface area contributed by atoms with E-state index in [0.29, 0.717) is 28.6 Å². The van der Waals surface area contributed by atoms with Crippen molar-refractivity contribution in [2.75, 3.05) is 20.8 Å². The highest BCUT2D eigenvalue weighted by atomic mass is 16.5. The zero-order valence-corrected chi connectivity index (χ0v) is 14.3. The Morgan fingerprint density at radius 1 is 1.12 bits per heavy atom. The molecule has 3 rings (SSSR count). The zero-order valence-electron chi connectivity index (χ0n) is 14.3. The van der Waals surface area contributed by atoms with Crippen molar-refractivity contribution in [2.45, 2.75) is 0 Å². The molecule has 0 spiro atoms. The number of rotatable bonds is 6. The van der Waals surface area contributed by atoms with E-state index in [1.165, 1.54) is 7.11 Å². The van der Waals surface area contributed by atoms with E-state index in [-0.39, 0.29) is 18.1 Å². The summed E-state index contributed by atoms with van der Waals surface area (Å²) in [5.41, 5.74) is 6.20. The fourth-order valence-corrected chi connectivity index (χ4v) is 2.51. The van der Waals surface area contributed by atoms with Crippen LogP contribution in [0.3, 0.4) is 0 Å². The number of ether oxygens (including phenoxy) is 4. The summed E-state index contributed by atoms with van der Waals surface area (Å²) in [4.78, 5) is 23.3. The van der Waals surface area contributed by atoms with Crippen molar-refractivity contribution in [3.63, 3.8) is 0 Å². The fourth-order valence-electron chi connectivity index (χ4n) is 2.51. The van der Waals surface area contributed by atoms with Crippen LogP contribution in [0.4, 0.5) is 0 Å². The Balaban J connectivity index is 1.85. The Morgan fingerprint density at radius 3 is 2.58 bits per heavy atom. The maximum Gasteiger partial charge on any atom is 0.255 e. The summed E-state index contributed by atoms with van der Waals surface area (Å²) in [5.74, 6) is 1.25. The highest BCUT2D eigenvalue weighted by Crippen LogP contribution is 2.35. The first kappa shape index (κ1) is 17.3. The van der Waals surface area contributed by atoms with Crippen molar-refractivity contribution in [3.05, 3.63) is 53.3 Å². The molecule has 2 aromatic carbocycles. The Labute approximate surface area is 149 Å². The number of ketones is 1. The fraction of sp³-hybridized carbons (Fsp3) is 0.158. The number of fused-ring (bicyclic) bond motifs is 1. The molecule has 0 unspecified atom stereocenters. The van der Waals surface area contributed by atoms with Crippen molar-refractivity contribution in [1.82, 2.24) is 0 Å². The lowest BCUT2D eigenvalue weighted by Crippen LogP contribution is -2.19. The second-order valence-corrected chi connectivity index (χ2v) is 5.47. The van der Waals surface area contributed by atoms with E-state index in [4.69, 9.17) is 24.7 Å². The Bertz CT molecular complexity index is 903. The number of allylic oxidation sites excluding steroid dienone is 1. The number of amides is 1. The average Bonchev–Trinajstić information content (AvgIpc) is 2.95. The van der Waals surface area contributed by atoms with Crippen LogP contribution in [0, 0.1) is 0 Å². The maximum atomic E-state index is 12.5. The second-order valence-electron chi connectivity index (χ2n) is 5.47. The molecule has 1 amide bonds. The number of nitrogens with two attached hydrogens (primary N) is 1. The first-order chi connectivity index (χ1) is 12.5. The summed E-state index contributed by atoms with van der Waals surface area (Å²) in [6.07, 6.45) is 1.62. The van der Waals surface area contributed by atoms with Gasteiger partial charge in [0.2, 0.25) is 5.78 Å². The van der Waals surface area contributed by atoms with Crippen LogP contribution in [0.25, 0.3) is 6.08 Å². The van der Waals surface area contributed by atoms with Crippen molar-refractivity contribution in [1.29, 1.82) is 0 Å². The predicted molar refractivity (Wildman–Crippen MR) is 93.6 cm³/mol. The van der Waals surface area contributed by atoms with Gasteiger partial charge in [-0.25, -0.2) is 0 Å². The van der Waals surface area contributed by atoms with Crippen LogP contribution in [0.15, 0.2) is 42.2 Å². The Hall–Kier alpha value is -3.48. The molecule has 0 aromatic heterocycles. The quantitative estimate of drug-likeness (QED) is 0.798. The smallest absolute Gasteiger partial charge is 0.255 e. The first-order valence-electron chi connectivity index (χ1n) is 7.73. The van der Waals surface area contributed by atoms with E-state index in [1.807, 2.05) is 0 Å². The molecule has 0 saturated heterocycles. The number of carbonyl (C=O) groups is 2. The van der Waals surface area contributed by atoms with Gasteiger partial charge < -0.3 is 24.7 Å². The van der Waals surface area contributed by atoms with Gasteiger partial charge in [-0.2, -0.15) is 0 Å². The van der Waals surface area contributed by atoms with E-state index in [0.717, 1.165) is 5.56 Å². The molecule has 0 fully saturated rings. The average molecular weight is 355 g/mol. The summed E-state index contributed by atoms with van der Waals surface area (Å²) < 4.78 is 21.3. The molecule has 7 heteroatoms. The van der Waals surface area contributed by atoms with Crippen LogP contribution in [-0.4, -0.2) is 32.5 Å². The molecule has 0 aliphatic carbocycles. The summed E-state index contributed by atoms with van der Waals surface area (Å²) in [6.45, 7) is -0.249. The van der Waals surface area contributed by atoms with Gasteiger partial charge in [-0.05, 0) is 35.9 Å². The standard InChI is InChI=1S/C19H17NO6/c1-23-14-6-3-11(7-16(14)24-2)8-17-19(22)13-5-4-12(9-15(13)26-17)25-10-18(20)21/h3-9H,10H2,1-2H3,(H2,20,21)/b17-8+. The third-order valence-corrected chi connectivity index (χ3v) is 3.73. The maximum absolute atomic E-state index is 12.5. The van der Waals surface area contributed by atoms with Gasteiger partial charge in [-0.1, -0.05) is 6.07 Å². The number of primary amides is 1. The molecule has 0 radical (unpaired) electrons. The van der Waals surface area contributed by atoms with Gasteiger partial charge in [0.25, 0.3) is 5.91 Å². The van der Waals surface area contributed by atoms with Crippen molar-refractivity contribution >= 4 is 17.8 Å². The molecule has 2 N–H and O–H groups in total. The molecule has 0 bridgehead atoms. The van der Waals surface area contributed by atoms with Gasteiger partial charge >= 0.3 is 0 Å². The van der Waals surface area contributed by atoms with E-state index in [9.17, 15) is 9.59 Å². The topological polar surface area (TPSA) is 97.1 Å². The minimum absolute atomic E-state index is 0.180. The summed E-state index contributed by atoms with van der Waals surface area (Å²) >= 11 is 0. The molecule has 1 aliphatic heterocycles. The van der Waals surface area contributed by atoms with Gasteiger partial charge in [0, 0.05) is 6.07 Å². The van der Waals surface area contributed by atoms with Gasteiger partial charge in [0.15, 0.2) is 23.9 Å². The van der Waals surface area contributed by atoms with Crippen LogP contribution >= 0.6 is 0 Å². The molecule has 7 nitrogen and oxygen atoms in total. The SMILES string of the molecule is COc1ccc(/C=C2/Oc3cc(OCC(N)=O)ccc3C2=O)cc1OC. The van der Waals surface area contributed by atoms with Crippen LogP contribution in [0.2, 0.25) is 0 Å². The number of methoxy groups -OCH3 is 2. The summed E-state index contributed by atoms with van der Waals surface area (Å²) in [6, 6.07) is 9.99. The zero-order chi connectivity index (χ0) is 18.7. The van der Waals surface area contributed by atoms with Crippen molar-refractivity contribution < 1.29 is 28.5 Å². The second kappa shape index (κ2) is 7.18. The number of Topliss-reactive ketones (excluding diaryl/α,β-unsaturated/α-hetero) is 1. The third-order valence-electron chi connectivity index (χ3n) is 3.73. The molecule has 0 saturated carbocycles. The van der Waals surface area contributed by atoms with Gasteiger partial charge in [-0.15, -0.1) is 0 Å². The lowest BCUT2D eigenvalue weighted by Gasteiger charge is -2.08. The van der Waals surface area contributed by atoms with E-state index >= 15 is 0 Å². The van der Waals surface area contributed by atoms with Crippen LogP contribution in [0.1, 0.15) is 15.9 Å². The summed E-state index contributed by atoms with van der Waals surface area (Å²) in [7, 11) is 3.09. The number of hydrogen-bond donors (Lipinski definition) is 1. The lowest BCUT2D eigenvalue weighted by atomic mass is 10.1. The Morgan fingerprint density at radius 2 is 1.88 bits per heavy atom. The van der Waals surface area contributed by atoms with Gasteiger partial charge in [0.05, 0.1) is 19.8 Å². The van der Waals surface area contributed by atoms with E-state index in [2.05, 4.69) is 0 Å². The lowest BCUT2D eigenvalue weighted by molar-refractivity contribution is -0.119. The van der Waals surface area contributed by atoms with Crippen LogP contribution in [0.5, 0.6) is 23.0 Å². The van der Waals surface area contributed by atoms with Gasteiger partial charge in [0.1, 0.15) is 11.5 Å². The predicted octanol–water partition coefficient (Wildman–Crippen LogP) is 2.18. The van der Waals surface area contributed by atoms with Crippen LogP contribution in [-0.2, 0) is 4.79 Å². The highest BCUT2D eigenvalue weighted by Gasteiger charge is 2.27. The number of carbonyl (C=O) groups excluding carboxylic acids is 2. The monoisotopic (exact) mass is 355 g/mol. The molecule has 0 atom stereocenters. The molecule has 1 aliphatic rings. The van der Waals surface area contributed by atoms with E-state index < -0.39 is 5.91 Å². The largest absolute Gasteiger partial charge is 0.493 e.